The van der Waals surface area contributed by atoms with Crippen LogP contribution >= 0.6 is 0 Å². The lowest BCUT2D eigenvalue weighted by atomic mass is 9.30. The SMILES string of the molecule is Cc1ccc(N2c3ccc(C)cc3B3c4cc5c(cc4Oc4cc(-c6c(C)cccc6C)cc2c43)N(c2ccc(C)cc2)c2cc(-c3c(C)cccc3C)cc3c2B5c2cc(C)cc4c5cc(C)ccc5n-3c24)cc1. The molecular weight excluding hydrogens is 908 g/mol. The fourth-order valence-corrected chi connectivity index (χ4v) is 13.9. The van der Waals surface area contributed by atoms with Crippen molar-refractivity contribution in [2.45, 2.75) is 62.3 Å². The average molecular weight is 964 g/mol. The topological polar surface area (TPSA) is 20.6 Å². The van der Waals surface area contributed by atoms with E-state index >= 15 is 0 Å². The van der Waals surface area contributed by atoms with E-state index in [0.717, 1.165) is 39.8 Å². The van der Waals surface area contributed by atoms with E-state index in [4.69, 9.17) is 4.74 Å². The Balaban J connectivity index is 1.07. The van der Waals surface area contributed by atoms with Gasteiger partial charge in [-0.25, -0.2) is 0 Å². The molecule has 1 aromatic heterocycles. The fraction of sp³-hybridized carbons (Fsp3) is 0.130. The molecule has 11 aromatic rings. The van der Waals surface area contributed by atoms with E-state index in [1.165, 1.54) is 138 Å². The zero-order chi connectivity index (χ0) is 50.9. The normalized spacial score (nSPS) is 13.4. The Morgan fingerprint density at radius 1 is 0.347 bits per heavy atom. The van der Waals surface area contributed by atoms with Crippen molar-refractivity contribution < 1.29 is 4.74 Å². The van der Waals surface area contributed by atoms with Crippen LogP contribution in [0.15, 0.2) is 170 Å². The standard InChI is InChI=1S/C69H55B2N3O/c1-38-16-22-49(23-17-38)72-58-27-21-41(4)30-53(58)70-55-36-54-59(37-63(55)75-64-35-48(34-62(72)68(64)70)66-45(8)14-11-15-46(66)9)73(50-24-18-39(2)19-25-50)60-32-47(65-43(6)12-10-13-44(65)7)33-61-67(60)71(54)56-31-42(5)29-52-51-28-40(3)20-26-57(51)74(61)69(52)56/h10-37H,1-9H3. The van der Waals surface area contributed by atoms with Gasteiger partial charge in [-0.1, -0.05) is 119 Å². The lowest BCUT2D eigenvalue weighted by Gasteiger charge is -2.43. The number of hydrogen-bond donors (Lipinski definition) is 0. The molecule has 5 heterocycles. The second-order valence-electron chi connectivity index (χ2n) is 22.3. The Labute approximate surface area is 440 Å². The smallest absolute Gasteiger partial charge is 0.256 e. The minimum Gasteiger partial charge on any atom is -0.458 e. The highest BCUT2D eigenvalue weighted by atomic mass is 16.5. The molecule has 0 aliphatic carbocycles. The number of fused-ring (bicyclic) bond motifs is 11. The summed E-state index contributed by atoms with van der Waals surface area (Å²) in [6.07, 6.45) is 0. The number of aryl methyl sites for hydroxylation is 9. The second-order valence-corrected chi connectivity index (χ2v) is 22.3. The lowest BCUT2D eigenvalue weighted by molar-refractivity contribution is 0.488. The third-order valence-electron chi connectivity index (χ3n) is 17.2. The molecule has 4 nitrogen and oxygen atoms in total. The van der Waals surface area contributed by atoms with E-state index in [2.05, 4.69) is 247 Å². The van der Waals surface area contributed by atoms with E-state index in [-0.39, 0.29) is 13.4 Å². The van der Waals surface area contributed by atoms with Crippen molar-refractivity contribution in [1.29, 1.82) is 0 Å². The van der Waals surface area contributed by atoms with Gasteiger partial charge in [0.1, 0.15) is 11.5 Å². The Bertz CT molecular complexity index is 4300. The molecule has 0 saturated carbocycles. The van der Waals surface area contributed by atoms with Gasteiger partial charge < -0.3 is 19.1 Å². The first-order valence-corrected chi connectivity index (χ1v) is 26.6. The van der Waals surface area contributed by atoms with Crippen LogP contribution in [0, 0.1) is 62.3 Å². The Hall–Kier alpha value is -8.47. The van der Waals surface area contributed by atoms with Gasteiger partial charge in [0.2, 0.25) is 0 Å². The van der Waals surface area contributed by atoms with Gasteiger partial charge in [0.05, 0.1) is 5.52 Å². The second kappa shape index (κ2) is 15.8. The van der Waals surface area contributed by atoms with Crippen LogP contribution in [0.4, 0.5) is 34.1 Å². The molecule has 10 aromatic carbocycles. The van der Waals surface area contributed by atoms with E-state index < -0.39 is 0 Å². The zero-order valence-corrected chi connectivity index (χ0v) is 44.1. The van der Waals surface area contributed by atoms with Crippen LogP contribution in [0.25, 0.3) is 49.7 Å². The highest BCUT2D eigenvalue weighted by molar-refractivity contribution is 7.02. The summed E-state index contributed by atoms with van der Waals surface area (Å²) >= 11 is 0. The number of aromatic nitrogens is 1. The molecule has 15 rings (SSSR count). The number of anilines is 6. The minimum atomic E-state index is -0.0942. The number of nitrogens with zero attached hydrogens (tertiary/aromatic N) is 3. The molecule has 0 bridgehead atoms. The van der Waals surface area contributed by atoms with Crippen LogP contribution in [-0.4, -0.2) is 18.0 Å². The number of ether oxygens (including phenoxy) is 1. The molecule has 0 N–H and O–H groups in total. The van der Waals surface area contributed by atoms with E-state index in [1.807, 2.05) is 0 Å². The van der Waals surface area contributed by atoms with Crippen molar-refractivity contribution in [3.63, 3.8) is 0 Å². The summed E-state index contributed by atoms with van der Waals surface area (Å²) in [5, 5.41) is 2.61. The number of benzene rings is 10. The van der Waals surface area contributed by atoms with Crippen molar-refractivity contribution in [3.8, 4) is 39.4 Å². The minimum absolute atomic E-state index is 0.0683. The molecule has 0 spiro atoms. The van der Waals surface area contributed by atoms with Crippen LogP contribution < -0.4 is 47.3 Å². The molecule has 4 aliphatic rings. The molecule has 0 amide bonds. The first kappa shape index (κ1) is 44.1. The zero-order valence-electron chi connectivity index (χ0n) is 44.1. The molecule has 0 fully saturated rings. The molecule has 6 heteroatoms. The Morgan fingerprint density at radius 2 is 0.853 bits per heavy atom. The van der Waals surface area contributed by atoms with Gasteiger partial charge in [-0.15, -0.1) is 0 Å². The van der Waals surface area contributed by atoms with E-state index in [1.54, 1.807) is 0 Å². The third kappa shape index (κ3) is 6.26. The van der Waals surface area contributed by atoms with Crippen molar-refractivity contribution in [1.82, 2.24) is 4.57 Å². The summed E-state index contributed by atoms with van der Waals surface area (Å²) in [5.74, 6) is 1.80. The summed E-state index contributed by atoms with van der Waals surface area (Å²) < 4.78 is 10.2. The van der Waals surface area contributed by atoms with Gasteiger partial charge in [0.25, 0.3) is 13.4 Å². The summed E-state index contributed by atoms with van der Waals surface area (Å²) in [7, 11) is 0. The molecule has 4 aliphatic heterocycles. The van der Waals surface area contributed by atoms with Gasteiger partial charge in [0.15, 0.2) is 0 Å². The molecule has 0 atom stereocenters. The van der Waals surface area contributed by atoms with Crippen LogP contribution in [0.2, 0.25) is 0 Å². The molecular formula is C69H55B2N3O. The van der Waals surface area contributed by atoms with Crippen molar-refractivity contribution in [2.75, 3.05) is 9.80 Å². The largest absolute Gasteiger partial charge is 0.458 e. The Kier molecular flexibility index (Phi) is 9.26. The molecule has 358 valence electrons. The number of hydrogen-bond acceptors (Lipinski definition) is 3. The first-order chi connectivity index (χ1) is 36.4. The Morgan fingerprint density at radius 3 is 1.51 bits per heavy atom. The van der Waals surface area contributed by atoms with Crippen LogP contribution in [0.1, 0.15) is 50.1 Å². The van der Waals surface area contributed by atoms with Crippen molar-refractivity contribution in [2.24, 2.45) is 0 Å². The third-order valence-corrected chi connectivity index (χ3v) is 17.2. The summed E-state index contributed by atoms with van der Waals surface area (Å²) in [6.45, 7) is 19.9. The van der Waals surface area contributed by atoms with E-state index in [9.17, 15) is 0 Å². The fourth-order valence-electron chi connectivity index (χ4n) is 13.9. The molecule has 0 radical (unpaired) electrons. The van der Waals surface area contributed by atoms with Gasteiger partial charge in [0, 0.05) is 62.2 Å². The maximum atomic E-state index is 7.63. The predicted octanol–water partition coefficient (Wildman–Crippen LogP) is 13.9. The van der Waals surface area contributed by atoms with Gasteiger partial charge in [-0.3, -0.25) is 0 Å². The highest BCUT2D eigenvalue weighted by Crippen LogP contribution is 2.48. The summed E-state index contributed by atoms with van der Waals surface area (Å²) in [6, 6.07) is 65.3. The predicted molar refractivity (Wildman–Crippen MR) is 319 cm³/mol. The molecule has 0 unspecified atom stereocenters. The van der Waals surface area contributed by atoms with Gasteiger partial charge >= 0.3 is 0 Å². The van der Waals surface area contributed by atoms with Crippen molar-refractivity contribution >= 4 is 102 Å². The quantitative estimate of drug-likeness (QED) is 0.164. The van der Waals surface area contributed by atoms with Crippen molar-refractivity contribution in [3.05, 3.63) is 220 Å². The summed E-state index contributed by atoms with van der Waals surface area (Å²) in [4.78, 5) is 5.05. The maximum Gasteiger partial charge on any atom is 0.256 e. The monoisotopic (exact) mass is 963 g/mol. The number of rotatable bonds is 4. The average Bonchev–Trinajstić information content (AvgIpc) is 3.81. The van der Waals surface area contributed by atoms with Crippen LogP contribution in [0.5, 0.6) is 11.5 Å². The lowest BCUT2D eigenvalue weighted by Crippen LogP contribution is -2.64. The maximum absolute atomic E-state index is 7.63. The van der Waals surface area contributed by atoms with Gasteiger partial charge in [-0.2, -0.15) is 0 Å². The molecule has 75 heavy (non-hydrogen) atoms. The van der Waals surface area contributed by atoms with Gasteiger partial charge in [-0.05, 0) is 212 Å². The first-order valence-electron chi connectivity index (χ1n) is 26.6. The van der Waals surface area contributed by atoms with Crippen LogP contribution in [0.3, 0.4) is 0 Å². The van der Waals surface area contributed by atoms with E-state index in [0.29, 0.717) is 0 Å². The highest BCUT2D eigenvalue weighted by Gasteiger charge is 2.47. The summed E-state index contributed by atoms with van der Waals surface area (Å²) in [5.41, 5.74) is 34.6. The van der Waals surface area contributed by atoms with Crippen LogP contribution in [-0.2, 0) is 0 Å². The molecule has 0 saturated heterocycles.